The van der Waals surface area contributed by atoms with Crippen molar-refractivity contribution >= 4 is 28.4 Å². The van der Waals surface area contributed by atoms with Crippen molar-refractivity contribution in [1.82, 2.24) is 14.8 Å². The fourth-order valence-electron chi connectivity index (χ4n) is 2.61. The van der Waals surface area contributed by atoms with Gasteiger partial charge in [-0.25, -0.2) is 9.67 Å². The Bertz CT molecular complexity index is 900. The van der Waals surface area contributed by atoms with E-state index in [0.29, 0.717) is 11.3 Å². The van der Waals surface area contributed by atoms with Crippen LogP contribution in [0.4, 0.5) is 5.69 Å². The van der Waals surface area contributed by atoms with Crippen molar-refractivity contribution < 1.29 is 9.59 Å². The van der Waals surface area contributed by atoms with E-state index in [0.717, 1.165) is 11.0 Å². The minimum Gasteiger partial charge on any atom is -0.325 e. The first-order valence-electron chi connectivity index (χ1n) is 8.26. The smallest absolute Gasteiger partial charge is 0.224 e. The fourth-order valence-corrected chi connectivity index (χ4v) is 2.61. The van der Waals surface area contributed by atoms with Crippen molar-refractivity contribution in [3.05, 3.63) is 54.4 Å². The predicted octanol–water partition coefficient (Wildman–Crippen LogP) is 3.61. The number of nitrogens with one attached hydrogen (secondary N) is 1. The van der Waals surface area contributed by atoms with Gasteiger partial charge in [0.2, 0.25) is 5.91 Å². The molecule has 128 valence electrons. The molecule has 3 rings (SSSR count). The monoisotopic (exact) mass is 336 g/mol. The van der Waals surface area contributed by atoms with Gasteiger partial charge in [-0.1, -0.05) is 30.3 Å². The summed E-state index contributed by atoms with van der Waals surface area (Å²) >= 11 is 0. The number of rotatable bonds is 6. The number of fused-ring (bicyclic) bond motifs is 1. The van der Waals surface area contributed by atoms with Crippen LogP contribution in [0.15, 0.2) is 48.8 Å². The second-order valence-electron chi connectivity index (χ2n) is 6.16. The van der Waals surface area contributed by atoms with Gasteiger partial charge in [-0.05, 0) is 19.9 Å². The van der Waals surface area contributed by atoms with Gasteiger partial charge < -0.3 is 5.32 Å². The van der Waals surface area contributed by atoms with Gasteiger partial charge in [-0.15, -0.1) is 0 Å². The summed E-state index contributed by atoms with van der Waals surface area (Å²) in [4.78, 5) is 28.5. The average Bonchev–Trinajstić information content (AvgIpc) is 3.04. The van der Waals surface area contributed by atoms with E-state index in [1.54, 1.807) is 24.5 Å². The molecular weight excluding hydrogens is 316 g/mol. The highest BCUT2D eigenvalue weighted by molar-refractivity contribution is 6.00. The minimum atomic E-state index is -0.207. The molecule has 2 aromatic heterocycles. The van der Waals surface area contributed by atoms with Crippen molar-refractivity contribution in [3.63, 3.8) is 0 Å². The van der Waals surface area contributed by atoms with Crippen LogP contribution in [0, 0.1) is 0 Å². The van der Waals surface area contributed by atoms with E-state index in [4.69, 9.17) is 0 Å². The second kappa shape index (κ2) is 7.25. The van der Waals surface area contributed by atoms with Gasteiger partial charge in [0.1, 0.15) is 0 Å². The molecule has 1 N–H and O–H groups in total. The van der Waals surface area contributed by atoms with E-state index < -0.39 is 0 Å². The molecule has 0 aliphatic carbocycles. The van der Waals surface area contributed by atoms with E-state index >= 15 is 0 Å². The maximum absolute atomic E-state index is 12.1. The van der Waals surface area contributed by atoms with Gasteiger partial charge in [-0.2, -0.15) is 5.10 Å². The van der Waals surface area contributed by atoms with E-state index in [1.165, 1.54) is 0 Å². The lowest BCUT2D eigenvalue weighted by Gasteiger charge is -2.07. The molecule has 0 saturated carbocycles. The molecule has 0 spiro atoms. The Morgan fingerprint density at radius 3 is 2.60 bits per heavy atom. The Morgan fingerprint density at radius 2 is 1.88 bits per heavy atom. The highest BCUT2D eigenvalue weighted by atomic mass is 16.2. The molecule has 0 radical (unpaired) electrons. The number of carbonyl (C=O) groups is 2. The van der Waals surface area contributed by atoms with Crippen LogP contribution in [-0.4, -0.2) is 26.5 Å². The largest absolute Gasteiger partial charge is 0.325 e. The van der Waals surface area contributed by atoms with Crippen LogP contribution in [-0.2, 0) is 4.79 Å². The highest BCUT2D eigenvalue weighted by Gasteiger charge is 2.11. The molecule has 0 saturated heterocycles. The van der Waals surface area contributed by atoms with Crippen LogP contribution < -0.4 is 5.32 Å². The van der Waals surface area contributed by atoms with Crippen LogP contribution in [0.5, 0.6) is 0 Å². The lowest BCUT2D eigenvalue weighted by Crippen LogP contribution is -2.13. The van der Waals surface area contributed by atoms with E-state index in [1.807, 2.05) is 42.8 Å². The van der Waals surface area contributed by atoms with Gasteiger partial charge in [0, 0.05) is 29.8 Å². The van der Waals surface area contributed by atoms with Crippen molar-refractivity contribution in [1.29, 1.82) is 0 Å². The SMILES string of the molecule is CC(C)n1ncc2cc(NC(=O)CCC(=O)c3ccccc3)cnc21. The molecule has 2 heterocycles. The molecule has 0 unspecified atom stereocenters. The number of carbonyl (C=O) groups excluding carboxylic acids is 2. The molecule has 0 aliphatic heterocycles. The van der Waals surface area contributed by atoms with Gasteiger partial charge in [-0.3, -0.25) is 9.59 Å². The number of hydrogen-bond acceptors (Lipinski definition) is 4. The molecule has 3 aromatic rings. The Kier molecular flexibility index (Phi) is 4.88. The zero-order valence-electron chi connectivity index (χ0n) is 14.3. The van der Waals surface area contributed by atoms with Gasteiger partial charge >= 0.3 is 0 Å². The minimum absolute atomic E-state index is 0.0393. The molecule has 1 amide bonds. The first kappa shape index (κ1) is 16.8. The number of benzene rings is 1. The number of hydrogen-bond donors (Lipinski definition) is 1. The summed E-state index contributed by atoms with van der Waals surface area (Å²) in [5.74, 6) is -0.246. The molecular formula is C19H20N4O2. The van der Waals surface area contributed by atoms with E-state index in [9.17, 15) is 9.59 Å². The second-order valence-corrected chi connectivity index (χ2v) is 6.16. The zero-order valence-corrected chi connectivity index (χ0v) is 14.3. The Hall–Kier alpha value is -3.02. The van der Waals surface area contributed by atoms with Crippen molar-refractivity contribution in [2.24, 2.45) is 0 Å². The molecule has 0 aliphatic rings. The first-order chi connectivity index (χ1) is 12.0. The summed E-state index contributed by atoms with van der Waals surface area (Å²) in [6.07, 6.45) is 3.66. The lowest BCUT2D eigenvalue weighted by atomic mass is 10.1. The van der Waals surface area contributed by atoms with Gasteiger partial charge in [0.25, 0.3) is 0 Å². The number of pyridine rings is 1. The number of nitrogens with zero attached hydrogens (tertiary/aromatic N) is 3. The van der Waals surface area contributed by atoms with E-state index in [2.05, 4.69) is 15.4 Å². The van der Waals surface area contributed by atoms with Gasteiger partial charge in [0.05, 0.1) is 18.1 Å². The summed E-state index contributed by atoms with van der Waals surface area (Å²) in [5.41, 5.74) is 2.01. The Morgan fingerprint density at radius 1 is 1.12 bits per heavy atom. The van der Waals surface area contributed by atoms with Crippen molar-refractivity contribution in [3.8, 4) is 0 Å². The van der Waals surface area contributed by atoms with Crippen LogP contribution in [0.3, 0.4) is 0 Å². The van der Waals surface area contributed by atoms with Gasteiger partial charge in [0.15, 0.2) is 11.4 Å². The number of anilines is 1. The van der Waals surface area contributed by atoms with E-state index in [-0.39, 0.29) is 30.6 Å². The maximum Gasteiger partial charge on any atom is 0.224 e. The van der Waals surface area contributed by atoms with Crippen LogP contribution in [0.25, 0.3) is 11.0 Å². The summed E-state index contributed by atoms with van der Waals surface area (Å²) in [7, 11) is 0. The molecule has 0 atom stereocenters. The molecule has 0 fully saturated rings. The first-order valence-corrected chi connectivity index (χ1v) is 8.26. The predicted molar refractivity (Wildman–Crippen MR) is 96.5 cm³/mol. The fraction of sp³-hybridized carbons (Fsp3) is 0.263. The lowest BCUT2D eigenvalue weighted by molar-refractivity contribution is -0.116. The zero-order chi connectivity index (χ0) is 17.8. The Labute approximate surface area is 145 Å². The average molecular weight is 336 g/mol. The maximum atomic E-state index is 12.1. The summed E-state index contributed by atoms with van der Waals surface area (Å²) < 4.78 is 1.83. The standard InChI is InChI=1S/C19H20N4O2/c1-13(2)23-19-15(11-21-23)10-16(12-20-19)22-18(25)9-8-17(24)14-6-4-3-5-7-14/h3-7,10-13H,8-9H2,1-2H3,(H,22,25). The quantitative estimate of drug-likeness (QED) is 0.698. The van der Waals surface area contributed by atoms with Crippen molar-refractivity contribution in [2.75, 3.05) is 5.32 Å². The van der Waals surface area contributed by atoms with Crippen molar-refractivity contribution in [2.45, 2.75) is 32.7 Å². The molecule has 0 bridgehead atoms. The third-order valence-electron chi connectivity index (χ3n) is 3.88. The van der Waals surface area contributed by atoms with Crippen LogP contribution in [0.1, 0.15) is 43.1 Å². The number of aromatic nitrogens is 3. The van der Waals surface area contributed by atoms with Crippen LogP contribution >= 0.6 is 0 Å². The molecule has 6 heteroatoms. The number of ketones is 1. The highest BCUT2D eigenvalue weighted by Crippen LogP contribution is 2.19. The number of amides is 1. The molecule has 1 aromatic carbocycles. The normalized spacial score (nSPS) is 11.0. The third-order valence-corrected chi connectivity index (χ3v) is 3.88. The third kappa shape index (κ3) is 3.91. The van der Waals surface area contributed by atoms with Crippen LogP contribution in [0.2, 0.25) is 0 Å². The summed E-state index contributed by atoms with van der Waals surface area (Å²) in [6, 6.07) is 11.0. The number of Topliss-reactive ketones (excluding diaryl/α,β-unsaturated/α-hetero) is 1. The summed E-state index contributed by atoms with van der Waals surface area (Å²) in [5, 5.41) is 7.96. The topological polar surface area (TPSA) is 76.9 Å². The molecule has 25 heavy (non-hydrogen) atoms. The molecule has 6 nitrogen and oxygen atoms in total. The summed E-state index contributed by atoms with van der Waals surface area (Å²) in [6.45, 7) is 4.07. The Balaban J connectivity index is 1.61.